The van der Waals surface area contributed by atoms with E-state index in [2.05, 4.69) is 5.32 Å². The molecule has 4 rings (SSSR count). The molecule has 0 bridgehead atoms. The molecule has 31 heavy (non-hydrogen) atoms. The van der Waals surface area contributed by atoms with Gasteiger partial charge in [-0.25, -0.2) is 8.42 Å². The first-order valence-electron chi connectivity index (χ1n) is 10.3. The van der Waals surface area contributed by atoms with Gasteiger partial charge in [-0.05, 0) is 48.7 Å². The highest BCUT2D eigenvalue weighted by molar-refractivity contribution is 7.89. The summed E-state index contributed by atoms with van der Waals surface area (Å²) in [5.74, 6) is -0.662. The van der Waals surface area contributed by atoms with Crippen molar-refractivity contribution in [2.24, 2.45) is 0 Å². The van der Waals surface area contributed by atoms with Crippen LogP contribution in [0.25, 0.3) is 0 Å². The number of hydrogen-bond donors (Lipinski definition) is 1. The Morgan fingerprint density at radius 3 is 2.45 bits per heavy atom. The van der Waals surface area contributed by atoms with E-state index in [4.69, 9.17) is 11.6 Å². The lowest BCUT2D eigenvalue weighted by atomic mass is 10.1. The van der Waals surface area contributed by atoms with E-state index in [-0.39, 0.29) is 23.1 Å². The van der Waals surface area contributed by atoms with E-state index in [1.807, 2.05) is 0 Å². The van der Waals surface area contributed by atoms with Crippen LogP contribution in [0, 0.1) is 0 Å². The summed E-state index contributed by atoms with van der Waals surface area (Å²) in [6.45, 7) is 2.42. The number of piperidine rings is 1. The maximum atomic E-state index is 13.0. The average molecular weight is 462 g/mol. The van der Waals surface area contributed by atoms with Crippen LogP contribution in [0.15, 0.2) is 47.4 Å². The van der Waals surface area contributed by atoms with Gasteiger partial charge in [-0.2, -0.15) is 4.31 Å². The first-order chi connectivity index (χ1) is 14.8. The number of fused-ring (bicyclic) bond motifs is 1. The number of hydrogen-bond acceptors (Lipinski definition) is 4. The Bertz CT molecular complexity index is 1130. The van der Waals surface area contributed by atoms with E-state index in [9.17, 15) is 18.0 Å². The van der Waals surface area contributed by atoms with Crippen LogP contribution in [0.4, 0.5) is 11.4 Å². The Morgan fingerprint density at radius 2 is 1.77 bits per heavy atom. The molecule has 164 valence electrons. The van der Waals surface area contributed by atoms with Gasteiger partial charge >= 0.3 is 0 Å². The SMILES string of the molecule is CC(=O)N1c2ccc(S(=O)(=O)N3CCCCC3)cc2C[C@@H]1C(=O)Nc1ccccc1Cl. The molecule has 0 spiro atoms. The summed E-state index contributed by atoms with van der Waals surface area (Å²) in [4.78, 5) is 27.0. The topological polar surface area (TPSA) is 86.8 Å². The lowest BCUT2D eigenvalue weighted by Crippen LogP contribution is -2.44. The number of halogens is 1. The standard InChI is InChI=1S/C22H24ClN3O4S/c1-15(27)26-20-10-9-17(31(29,30)25-11-5-2-6-12-25)13-16(20)14-21(26)22(28)24-19-8-4-3-7-18(19)23/h3-4,7-10,13,21H,2,5-6,11-12,14H2,1H3,(H,24,28)/t21-/m1/s1. The largest absolute Gasteiger partial charge is 0.323 e. The predicted molar refractivity (Wildman–Crippen MR) is 120 cm³/mol. The molecule has 1 fully saturated rings. The zero-order valence-electron chi connectivity index (χ0n) is 17.2. The first kappa shape index (κ1) is 21.8. The summed E-state index contributed by atoms with van der Waals surface area (Å²) in [6.07, 6.45) is 2.97. The van der Waals surface area contributed by atoms with Gasteiger partial charge in [0.05, 0.1) is 15.6 Å². The van der Waals surface area contributed by atoms with Crippen molar-refractivity contribution in [2.75, 3.05) is 23.3 Å². The van der Waals surface area contributed by atoms with Gasteiger partial charge < -0.3 is 5.32 Å². The van der Waals surface area contributed by atoms with Gasteiger partial charge in [-0.3, -0.25) is 14.5 Å². The second-order valence-electron chi connectivity index (χ2n) is 7.83. The molecule has 9 heteroatoms. The fourth-order valence-corrected chi connectivity index (χ4v) is 5.97. The van der Waals surface area contributed by atoms with Crippen molar-refractivity contribution in [3.63, 3.8) is 0 Å². The Morgan fingerprint density at radius 1 is 1.06 bits per heavy atom. The van der Waals surface area contributed by atoms with E-state index in [0.717, 1.165) is 19.3 Å². The monoisotopic (exact) mass is 461 g/mol. The van der Waals surface area contributed by atoms with E-state index in [1.165, 1.54) is 22.2 Å². The van der Waals surface area contributed by atoms with Crippen molar-refractivity contribution in [3.8, 4) is 0 Å². The highest BCUT2D eigenvalue weighted by atomic mass is 35.5. The second kappa shape index (κ2) is 8.61. The summed E-state index contributed by atoms with van der Waals surface area (Å²) in [5.41, 5.74) is 1.68. The van der Waals surface area contributed by atoms with Gasteiger partial charge in [0.2, 0.25) is 21.8 Å². The van der Waals surface area contributed by atoms with E-state index in [0.29, 0.717) is 35.1 Å². The Balaban J connectivity index is 1.62. The summed E-state index contributed by atoms with van der Waals surface area (Å²) < 4.78 is 27.6. The molecule has 2 heterocycles. The highest BCUT2D eigenvalue weighted by Gasteiger charge is 2.38. The molecule has 0 aliphatic carbocycles. The molecule has 0 unspecified atom stereocenters. The lowest BCUT2D eigenvalue weighted by Gasteiger charge is -2.26. The van der Waals surface area contributed by atoms with Crippen LogP contribution in [-0.2, 0) is 26.0 Å². The highest BCUT2D eigenvalue weighted by Crippen LogP contribution is 2.36. The van der Waals surface area contributed by atoms with Gasteiger partial charge in [0.1, 0.15) is 6.04 Å². The quantitative estimate of drug-likeness (QED) is 0.755. The minimum atomic E-state index is -3.60. The van der Waals surface area contributed by atoms with E-state index >= 15 is 0 Å². The molecule has 2 aliphatic rings. The number of nitrogens with one attached hydrogen (secondary N) is 1. The Kier molecular flexibility index (Phi) is 6.05. The number of carbonyl (C=O) groups excluding carboxylic acids is 2. The van der Waals surface area contributed by atoms with Crippen LogP contribution in [0.2, 0.25) is 5.02 Å². The van der Waals surface area contributed by atoms with Crippen molar-refractivity contribution < 1.29 is 18.0 Å². The third kappa shape index (κ3) is 4.20. The van der Waals surface area contributed by atoms with E-state index in [1.54, 1.807) is 36.4 Å². The third-order valence-corrected chi connectivity index (χ3v) is 7.99. The summed E-state index contributed by atoms with van der Waals surface area (Å²) in [5, 5.41) is 3.18. The minimum Gasteiger partial charge on any atom is -0.323 e. The van der Waals surface area contributed by atoms with Crippen LogP contribution >= 0.6 is 11.6 Å². The zero-order valence-corrected chi connectivity index (χ0v) is 18.7. The number of sulfonamides is 1. The molecular weight excluding hydrogens is 438 g/mol. The van der Waals surface area contributed by atoms with Crippen molar-refractivity contribution in [3.05, 3.63) is 53.1 Å². The molecule has 0 radical (unpaired) electrons. The van der Waals surface area contributed by atoms with Crippen molar-refractivity contribution >= 4 is 44.8 Å². The normalized spacial score (nSPS) is 19.2. The van der Waals surface area contributed by atoms with Crippen LogP contribution in [-0.4, -0.2) is 43.7 Å². The molecule has 2 aromatic rings. The van der Waals surface area contributed by atoms with Gasteiger partial charge in [-0.15, -0.1) is 0 Å². The fourth-order valence-electron chi connectivity index (χ4n) is 4.22. The number of para-hydroxylation sites is 1. The zero-order chi connectivity index (χ0) is 22.2. The summed E-state index contributed by atoms with van der Waals surface area (Å²) >= 11 is 6.14. The van der Waals surface area contributed by atoms with Gasteiger partial charge in [0.15, 0.2) is 0 Å². The molecule has 1 atom stereocenters. The average Bonchev–Trinajstić information content (AvgIpc) is 3.15. The fraction of sp³-hybridized carbons (Fsp3) is 0.364. The Labute approximate surface area is 187 Å². The van der Waals surface area contributed by atoms with Gasteiger partial charge in [-0.1, -0.05) is 30.2 Å². The van der Waals surface area contributed by atoms with Crippen molar-refractivity contribution in [2.45, 2.75) is 43.5 Å². The molecule has 2 aromatic carbocycles. The predicted octanol–water partition coefficient (Wildman–Crippen LogP) is 3.43. The number of benzene rings is 2. The Hall–Kier alpha value is -2.42. The molecular formula is C22H24ClN3O4S. The molecule has 0 aromatic heterocycles. The number of amides is 2. The van der Waals surface area contributed by atoms with Crippen LogP contribution in [0.5, 0.6) is 0 Å². The maximum absolute atomic E-state index is 13.0. The minimum absolute atomic E-state index is 0.198. The first-order valence-corrected chi connectivity index (χ1v) is 12.1. The molecule has 1 N–H and O–H groups in total. The lowest BCUT2D eigenvalue weighted by molar-refractivity contribution is -0.122. The molecule has 0 saturated carbocycles. The number of rotatable bonds is 4. The van der Waals surface area contributed by atoms with E-state index < -0.39 is 16.1 Å². The molecule has 7 nitrogen and oxygen atoms in total. The summed E-state index contributed by atoms with van der Waals surface area (Å²) in [7, 11) is -3.60. The van der Waals surface area contributed by atoms with Crippen LogP contribution < -0.4 is 10.2 Å². The van der Waals surface area contributed by atoms with Crippen molar-refractivity contribution in [1.82, 2.24) is 4.31 Å². The van der Waals surface area contributed by atoms with Crippen LogP contribution in [0.1, 0.15) is 31.7 Å². The van der Waals surface area contributed by atoms with Gasteiger partial charge in [0.25, 0.3) is 0 Å². The van der Waals surface area contributed by atoms with Crippen LogP contribution in [0.3, 0.4) is 0 Å². The second-order valence-corrected chi connectivity index (χ2v) is 10.2. The smallest absolute Gasteiger partial charge is 0.247 e. The molecule has 1 saturated heterocycles. The maximum Gasteiger partial charge on any atom is 0.247 e. The third-order valence-electron chi connectivity index (χ3n) is 5.76. The molecule has 2 aliphatic heterocycles. The van der Waals surface area contributed by atoms with Gasteiger partial charge in [0, 0.05) is 32.1 Å². The number of nitrogens with zero attached hydrogens (tertiary/aromatic N) is 2. The number of anilines is 2. The summed E-state index contributed by atoms with van der Waals surface area (Å²) in [6, 6.07) is 10.8. The molecule has 2 amide bonds. The number of carbonyl (C=O) groups is 2. The van der Waals surface area contributed by atoms with Crippen molar-refractivity contribution in [1.29, 1.82) is 0 Å².